The van der Waals surface area contributed by atoms with E-state index in [0.717, 1.165) is 10.0 Å². The molecule has 0 radical (unpaired) electrons. The Morgan fingerprint density at radius 3 is 2.89 bits per heavy atom. The van der Waals surface area contributed by atoms with Crippen molar-refractivity contribution in [1.82, 2.24) is 10.3 Å². The number of nitrogens with zero attached hydrogens (tertiary/aromatic N) is 1. The van der Waals surface area contributed by atoms with Crippen molar-refractivity contribution in [2.45, 2.75) is 19.4 Å². The zero-order valence-electron chi connectivity index (χ0n) is 10.4. The van der Waals surface area contributed by atoms with Crippen molar-refractivity contribution in [3.63, 3.8) is 0 Å². The van der Waals surface area contributed by atoms with Crippen molar-refractivity contribution >= 4 is 38.3 Å². The summed E-state index contributed by atoms with van der Waals surface area (Å²) in [5, 5.41) is 5.24. The smallest absolute Gasteiger partial charge is 0.226 e. The SMILES string of the molecule is CC(NC(=O)Cc1csc(N)n1)c1ccccc1Br. The van der Waals surface area contributed by atoms with Crippen molar-refractivity contribution < 1.29 is 4.79 Å². The van der Waals surface area contributed by atoms with E-state index in [-0.39, 0.29) is 18.4 Å². The van der Waals surface area contributed by atoms with Gasteiger partial charge in [0, 0.05) is 9.85 Å². The molecule has 1 atom stereocenters. The summed E-state index contributed by atoms with van der Waals surface area (Å²) in [4.78, 5) is 16.0. The number of benzene rings is 1. The van der Waals surface area contributed by atoms with Crippen molar-refractivity contribution in [2.75, 3.05) is 5.73 Å². The van der Waals surface area contributed by atoms with Gasteiger partial charge in [-0.1, -0.05) is 34.1 Å². The standard InChI is InChI=1S/C13H14BrN3OS/c1-8(10-4-2-3-5-11(10)14)16-12(18)6-9-7-19-13(15)17-9/h2-5,7-8H,6H2,1H3,(H2,15,17)(H,16,18). The van der Waals surface area contributed by atoms with Gasteiger partial charge in [-0.3, -0.25) is 4.79 Å². The highest BCUT2D eigenvalue weighted by Crippen LogP contribution is 2.22. The Hall–Kier alpha value is -1.40. The number of rotatable bonds is 4. The minimum atomic E-state index is -0.0615. The molecule has 2 aromatic rings. The van der Waals surface area contributed by atoms with Crippen LogP contribution in [0, 0.1) is 0 Å². The fraction of sp³-hybridized carbons (Fsp3) is 0.231. The number of nitrogens with two attached hydrogens (primary N) is 1. The number of nitrogen functional groups attached to an aromatic ring is 1. The topological polar surface area (TPSA) is 68.0 Å². The van der Waals surface area contributed by atoms with Crippen LogP contribution in [0.5, 0.6) is 0 Å². The molecule has 0 saturated heterocycles. The largest absolute Gasteiger partial charge is 0.375 e. The van der Waals surface area contributed by atoms with Crippen LogP contribution in [-0.2, 0) is 11.2 Å². The van der Waals surface area contributed by atoms with E-state index in [2.05, 4.69) is 26.2 Å². The third-order valence-corrected chi connectivity index (χ3v) is 4.11. The van der Waals surface area contributed by atoms with Gasteiger partial charge in [0.05, 0.1) is 18.2 Å². The molecule has 0 fully saturated rings. The summed E-state index contributed by atoms with van der Waals surface area (Å²) in [6, 6.07) is 7.78. The molecule has 3 N–H and O–H groups in total. The predicted octanol–water partition coefficient (Wildman–Crippen LogP) is 2.91. The number of aromatic nitrogens is 1. The number of nitrogens with one attached hydrogen (secondary N) is 1. The Morgan fingerprint density at radius 2 is 2.26 bits per heavy atom. The van der Waals surface area contributed by atoms with E-state index < -0.39 is 0 Å². The van der Waals surface area contributed by atoms with Crippen LogP contribution in [0.1, 0.15) is 24.2 Å². The lowest BCUT2D eigenvalue weighted by molar-refractivity contribution is -0.121. The van der Waals surface area contributed by atoms with Gasteiger partial charge in [0.15, 0.2) is 5.13 Å². The summed E-state index contributed by atoms with van der Waals surface area (Å²) >= 11 is 4.82. The lowest BCUT2D eigenvalue weighted by atomic mass is 10.1. The van der Waals surface area contributed by atoms with E-state index in [1.807, 2.05) is 31.2 Å². The van der Waals surface area contributed by atoms with E-state index >= 15 is 0 Å². The fourth-order valence-electron chi connectivity index (χ4n) is 1.76. The Bertz CT molecular complexity index is 585. The van der Waals surface area contributed by atoms with Crippen LogP contribution >= 0.6 is 27.3 Å². The molecule has 19 heavy (non-hydrogen) atoms. The second kappa shape index (κ2) is 6.16. The molecular formula is C13H14BrN3OS. The molecule has 0 aliphatic heterocycles. The molecule has 2 rings (SSSR count). The molecular weight excluding hydrogens is 326 g/mol. The molecule has 0 aliphatic carbocycles. The summed E-state index contributed by atoms with van der Waals surface area (Å²) in [5.74, 6) is -0.0615. The van der Waals surface area contributed by atoms with Crippen LogP contribution in [0.4, 0.5) is 5.13 Å². The number of hydrogen-bond donors (Lipinski definition) is 2. The van der Waals surface area contributed by atoms with Crippen molar-refractivity contribution in [1.29, 1.82) is 0 Å². The van der Waals surface area contributed by atoms with Gasteiger partial charge in [-0.2, -0.15) is 0 Å². The van der Waals surface area contributed by atoms with Crippen LogP contribution in [0.3, 0.4) is 0 Å². The Morgan fingerprint density at radius 1 is 1.53 bits per heavy atom. The minimum absolute atomic E-state index is 0.0564. The third kappa shape index (κ3) is 3.78. The Balaban J connectivity index is 1.97. The fourth-order valence-corrected chi connectivity index (χ4v) is 2.96. The molecule has 4 nitrogen and oxygen atoms in total. The Kier molecular flexibility index (Phi) is 4.55. The van der Waals surface area contributed by atoms with E-state index in [9.17, 15) is 4.79 Å². The van der Waals surface area contributed by atoms with Gasteiger partial charge in [-0.05, 0) is 18.6 Å². The summed E-state index contributed by atoms with van der Waals surface area (Å²) in [6.07, 6.45) is 0.252. The maximum atomic E-state index is 11.9. The molecule has 0 saturated carbocycles. The normalized spacial score (nSPS) is 12.1. The first-order chi connectivity index (χ1) is 9.06. The van der Waals surface area contributed by atoms with E-state index in [0.29, 0.717) is 10.8 Å². The summed E-state index contributed by atoms with van der Waals surface area (Å²) in [7, 11) is 0. The van der Waals surface area contributed by atoms with Crippen LogP contribution in [0.15, 0.2) is 34.1 Å². The van der Waals surface area contributed by atoms with Crippen molar-refractivity contribution in [3.8, 4) is 0 Å². The van der Waals surface area contributed by atoms with Gasteiger partial charge in [0.1, 0.15) is 0 Å². The highest BCUT2D eigenvalue weighted by molar-refractivity contribution is 9.10. The monoisotopic (exact) mass is 339 g/mol. The van der Waals surface area contributed by atoms with E-state index in [4.69, 9.17) is 5.73 Å². The minimum Gasteiger partial charge on any atom is -0.375 e. The lowest BCUT2D eigenvalue weighted by Gasteiger charge is -2.15. The maximum absolute atomic E-state index is 11.9. The molecule has 1 aromatic carbocycles. The first kappa shape index (κ1) is 14.0. The number of amides is 1. The highest BCUT2D eigenvalue weighted by Gasteiger charge is 2.13. The summed E-state index contributed by atoms with van der Waals surface area (Å²) < 4.78 is 0.987. The van der Waals surface area contributed by atoms with Gasteiger partial charge in [0.25, 0.3) is 0 Å². The summed E-state index contributed by atoms with van der Waals surface area (Å²) in [6.45, 7) is 1.95. The van der Waals surface area contributed by atoms with Gasteiger partial charge >= 0.3 is 0 Å². The predicted molar refractivity (Wildman–Crippen MR) is 80.9 cm³/mol. The second-order valence-corrected chi connectivity index (χ2v) is 5.91. The van der Waals surface area contributed by atoms with E-state index in [1.54, 1.807) is 5.38 Å². The molecule has 6 heteroatoms. The number of anilines is 1. The first-order valence-corrected chi connectivity index (χ1v) is 7.47. The van der Waals surface area contributed by atoms with Crippen molar-refractivity contribution in [2.24, 2.45) is 0 Å². The first-order valence-electron chi connectivity index (χ1n) is 5.80. The van der Waals surface area contributed by atoms with Gasteiger partial charge in [-0.15, -0.1) is 11.3 Å². The van der Waals surface area contributed by atoms with Gasteiger partial charge < -0.3 is 11.1 Å². The van der Waals surface area contributed by atoms with Crippen molar-refractivity contribution in [3.05, 3.63) is 45.4 Å². The molecule has 1 aromatic heterocycles. The number of thiazole rings is 1. The van der Waals surface area contributed by atoms with E-state index in [1.165, 1.54) is 11.3 Å². The molecule has 1 unspecified atom stereocenters. The highest BCUT2D eigenvalue weighted by atomic mass is 79.9. The molecule has 100 valence electrons. The quantitative estimate of drug-likeness (QED) is 0.899. The van der Waals surface area contributed by atoms with Crippen LogP contribution in [-0.4, -0.2) is 10.9 Å². The number of hydrogen-bond acceptors (Lipinski definition) is 4. The zero-order chi connectivity index (χ0) is 13.8. The molecule has 0 aliphatic rings. The molecule has 1 heterocycles. The van der Waals surface area contributed by atoms with Crippen LogP contribution in [0.25, 0.3) is 0 Å². The summed E-state index contributed by atoms with van der Waals surface area (Å²) in [5.41, 5.74) is 7.29. The van der Waals surface area contributed by atoms with Crippen LogP contribution in [0.2, 0.25) is 0 Å². The number of halogens is 1. The number of carbonyl (C=O) groups is 1. The zero-order valence-corrected chi connectivity index (χ0v) is 12.8. The lowest BCUT2D eigenvalue weighted by Crippen LogP contribution is -2.28. The number of carbonyl (C=O) groups excluding carboxylic acids is 1. The average molecular weight is 340 g/mol. The van der Waals surface area contributed by atoms with Gasteiger partial charge in [-0.25, -0.2) is 4.98 Å². The second-order valence-electron chi connectivity index (χ2n) is 4.16. The Labute approximate surface area is 124 Å². The molecule has 1 amide bonds. The van der Waals surface area contributed by atoms with Gasteiger partial charge in [0.2, 0.25) is 5.91 Å². The molecule has 0 bridgehead atoms. The third-order valence-electron chi connectivity index (χ3n) is 2.66. The maximum Gasteiger partial charge on any atom is 0.226 e. The average Bonchev–Trinajstić information content (AvgIpc) is 2.74. The molecule has 0 spiro atoms. The van der Waals surface area contributed by atoms with Crippen LogP contribution < -0.4 is 11.1 Å².